The summed E-state index contributed by atoms with van der Waals surface area (Å²) in [5, 5.41) is 21.1. The van der Waals surface area contributed by atoms with E-state index in [2.05, 4.69) is 10.3 Å². The van der Waals surface area contributed by atoms with Gasteiger partial charge in [0.25, 0.3) is 0 Å². The van der Waals surface area contributed by atoms with E-state index >= 15 is 0 Å². The fourth-order valence-corrected chi connectivity index (χ4v) is 1.94. The lowest BCUT2D eigenvalue weighted by atomic mass is 10.0. The summed E-state index contributed by atoms with van der Waals surface area (Å²) in [4.78, 5) is 16.5. The van der Waals surface area contributed by atoms with E-state index < -0.39 is 11.6 Å². The molecule has 0 saturated heterocycles. The van der Waals surface area contributed by atoms with Crippen molar-refractivity contribution in [1.29, 1.82) is 0 Å². The molecule has 0 fully saturated rings. The average molecular weight is 277 g/mol. The van der Waals surface area contributed by atoms with Gasteiger partial charge in [-0.25, -0.2) is 4.98 Å². The molecule has 0 bridgehead atoms. The highest BCUT2D eigenvalue weighted by Crippen LogP contribution is 2.18. The van der Waals surface area contributed by atoms with Crippen LogP contribution in [0.2, 0.25) is 0 Å². The number of imidazole rings is 1. The van der Waals surface area contributed by atoms with Crippen molar-refractivity contribution in [3.8, 4) is 0 Å². The van der Waals surface area contributed by atoms with Crippen molar-refractivity contribution in [2.24, 2.45) is 0 Å². The molecule has 3 N–H and O–H groups in total. The Bertz CT molecular complexity index is 604. The second-order valence-electron chi connectivity index (χ2n) is 5.18. The van der Waals surface area contributed by atoms with Crippen LogP contribution >= 0.6 is 0 Å². The zero-order valence-corrected chi connectivity index (χ0v) is 11.6. The van der Waals surface area contributed by atoms with Gasteiger partial charge in [0.2, 0.25) is 5.91 Å². The van der Waals surface area contributed by atoms with E-state index in [1.807, 2.05) is 24.3 Å². The second kappa shape index (κ2) is 5.60. The van der Waals surface area contributed by atoms with Crippen molar-refractivity contribution in [3.63, 3.8) is 0 Å². The van der Waals surface area contributed by atoms with Crippen molar-refractivity contribution >= 4 is 16.9 Å². The number of rotatable bonds is 5. The van der Waals surface area contributed by atoms with Crippen LogP contribution in [0, 0.1) is 0 Å². The van der Waals surface area contributed by atoms with Crippen LogP contribution in [0.5, 0.6) is 0 Å². The largest absolute Gasteiger partial charge is 0.394 e. The third-order valence-electron chi connectivity index (χ3n) is 3.40. The third-order valence-corrected chi connectivity index (χ3v) is 3.40. The standard InChI is InChI=1S/C14H19N3O3/c1-10(13(20)16-14(2,7-18)8-19)17-9-15-11-5-3-4-6-12(11)17/h3-6,9-10,18-19H,7-8H2,1-2H3,(H,16,20). The van der Waals surface area contributed by atoms with Crippen molar-refractivity contribution in [3.05, 3.63) is 30.6 Å². The molecule has 1 heterocycles. The van der Waals surface area contributed by atoms with Gasteiger partial charge in [0.1, 0.15) is 6.04 Å². The molecule has 1 amide bonds. The van der Waals surface area contributed by atoms with Gasteiger partial charge in [-0.3, -0.25) is 4.79 Å². The van der Waals surface area contributed by atoms with Crippen LogP contribution in [0.4, 0.5) is 0 Å². The predicted octanol–water partition coefficient (Wildman–Crippen LogP) is 0.457. The Morgan fingerprint density at radius 1 is 1.40 bits per heavy atom. The van der Waals surface area contributed by atoms with E-state index in [4.69, 9.17) is 0 Å². The van der Waals surface area contributed by atoms with Gasteiger partial charge in [0, 0.05) is 0 Å². The molecule has 0 aliphatic rings. The minimum Gasteiger partial charge on any atom is -0.394 e. The minimum absolute atomic E-state index is 0.279. The summed E-state index contributed by atoms with van der Waals surface area (Å²) in [7, 11) is 0. The number of hydrogen-bond donors (Lipinski definition) is 3. The Kier molecular flexibility index (Phi) is 4.06. The van der Waals surface area contributed by atoms with Gasteiger partial charge >= 0.3 is 0 Å². The van der Waals surface area contributed by atoms with Gasteiger partial charge in [-0.15, -0.1) is 0 Å². The molecular formula is C14H19N3O3. The molecule has 0 radical (unpaired) electrons. The third kappa shape index (κ3) is 2.66. The summed E-state index contributed by atoms with van der Waals surface area (Å²) in [5.41, 5.74) is 0.658. The Morgan fingerprint density at radius 2 is 2.05 bits per heavy atom. The molecule has 20 heavy (non-hydrogen) atoms. The summed E-state index contributed by atoms with van der Waals surface area (Å²) in [6, 6.07) is 7.06. The monoisotopic (exact) mass is 277 g/mol. The van der Waals surface area contributed by atoms with Crippen LogP contribution < -0.4 is 5.32 Å². The van der Waals surface area contributed by atoms with Crippen LogP contribution in [0.25, 0.3) is 11.0 Å². The average Bonchev–Trinajstić information content (AvgIpc) is 2.90. The lowest BCUT2D eigenvalue weighted by Crippen LogP contribution is -2.53. The number of nitrogens with one attached hydrogen (secondary N) is 1. The van der Waals surface area contributed by atoms with E-state index in [-0.39, 0.29) is 19.1 Å². The van der Waals surface area contributed by atoms with Crippen molar-refractivity contribution in [1.82, 2.24) is 14.9 Å². The van der Waals surface area contributed by atoms with Gasteiger partial charge in [-0.2, -0.15) is 0 Å². The van der Waals surface area contributed by atoms with E-state index in [9.17, 15) is 15.0 Å². The molecule has 0 spiro atoms. The Balaban J connectivity index is 2.23. The zero-order chi connectivity index (χ0) is 14.8. The number of carbonyl (C=O) groups is 1. The number of para-hydroxylation sites is 2. The molecule has 1 atom stereocenters. The summed E-state index contributed by atoms with van der Waals surface area (Å²) < 4.78 is 1.76. The van der Waals surface area contributed by atoms with Crippen LogP contribution in [0.3, 0.4) is 0 Å². The predicted molar refractivity (Wildman–Crippen MR) is 75.2 cm³/mol. The summed E-state index contributed by atoms with van der Waals surface area (Å²) in [5.74, 6) is -0.279. The normalized spacial score (nSPS) is 13.4. The molecule has 6 heteroatoms. The second-order valence-corrected chi connectivity index (χ2v) is 5.18. The molecule has 2 aromatic rings. The highest BCUT2D eigenvalue weighted by molar-refractivity contribution is 5.84. The van der Waals surface area contributed by atoms with Gasteiger partial charge < -0.3 is 20.1 Å². The molecule has 1 aromatic heterocycles. The maximum absolute atomic E-state index is 12.2. The Labute approximate surface area is 117 Å². The number of fused-ring (bicyclic) bond motifs is 1. The van der Waals surface area contributed by atoms with Crippen molar-refractivity contribution < 1.29 is 15.0 Å². The number of aromatic nitrogens is 2. The summed E-state index contributed by atoms with van der Waals surface area (Å²) >= 11 is 0. The first kappa shape index (κ1) is 14.5. The first-order valence-electron chi connectivity index (χ1n) is 6.46. The molecule has 2 rings (SSSR count). The fraction of sp³-hybridized carbons (Fsp3) is 0.429. The van der Waals surface area contributed by atoms with E-state index in [1.165, 1.54) is 0 Å². The number of aliphatic hydroxyl groups excluding tert-OH is 2. The van der Waals surface area contributed by atoms with E-state index in [0.717, 1.165) is 11.0 Å². The molecular weight excluding hydrogens is 258 g/mol. The molecule has 0 aliphatic heterocycles. The van der Waals surface area contributed by atoms with Crippen molar-refractivity contribution in [2.45, 2.75) is 25.4 Å². The van der Waals surface area contributed by atoms with Crippen LogP contribution in [0.15, 0.2) is 30.6 Å². The van der Waals surface area contributed by atoms with Gasteiger partial charge in [-0.1, -0.05) is 12.1 Å². The van der Waals surface area contributed by atoms with Crippen LogP contribution in [-0.2, 0) is 4.79 Å². The lowest BCUT2D eigenvalue weighted by Gasteiger charge is -2.28. The Hall–Kier alpha value is -1.92. The maximum Gasteiger partial charge on any atom is 0.243 e. The van der Waals surface area contributed by atoms with Crippen LogP contribution in [0.1, 0.15) is 19.9 Å². The highest BCUT2D eigenvalue weighted by atomic mass is 16.3. The van der Waals surface area contributed by atoms with Gasteiger partial charge in [-0.05, 0) is 26.0 Å². The minimum atomic E-state index is -1.03. The summed E-state index contributed by atoms with van der Waals surface area (Å²) in [6.45, 7) is 2.68. The fourth-order valence-electron chi connectivity index (χ4n) is 1.94. The molecule has 0 aliphatic carbocycles. The van der Waals surface area contributed by atoms with E-state index in [1.54, 1.807) is 24.7 Å². The number of hydrogen-bond acceptors (Lipinski definition) is 4. The molecule has 108 valence electrons. The lowest BCUT2D eigenvalue weighted by molar-refractivity contribution is -0.126. The van der Waals surface area contributed by atoms with Crippen molar-refractivity contribution in [2.75, 3.05) is 13.2 Å². The number of aliphatic hydroxyl groups is 2. The number of carbonyl (C=O) groups excluding carboxylic acids is 1. The van der Waals surface area contributed by atoms with E-state index in [0.29, 0.717) is 0 Å². The number of nitrogens with zero attached hydrogens (tertiary/aromatic N) is 2. The van der Waals surface area contributed by atoms with Gasteiger partial charge in [0.15, 0.2) is 0 Å². The SMILES string of the molecule is CC(C(=O)NC(C)(CO)CO)n1cnc2ccccc21. The molecule has 1 aromatic carbocycles. The van der Waals surface area contributed by atoms with Crippen LogP contribution in [-0.4, -0.2) is 44.4 Å². The zero-order valence-electron chi connectivity index (χ0n) is 11.6. The van der Waals surface area contributed by atoms with Gasteiger partial charge in [0.05, 0.1) is 36.1 Å². The number of benzene rings is 1. The Morgan fingerprint density at radius 3 is 2.70 bits per heavy atom. The first-order chi connectivity index (χ1) is 9.50. The quantitative estimate of drug-likeness (QED) is 0.741. The summed E-state index contributed by atoms with van der Waals surface area (Å²) in [6.07, 6.45) is 1.62. The molecule has 6 nitrogen and oxygen atoms in total. The smallest absolute Gasteiger partial charge is 0.243 e. The number of amides is 1. The molecule has 0 saturated carbocycles. The highest BCUT2D eigenvalue weighted by Gasteiger charge is 2.27. The molecule has 1 unspecified atom stereocenters. The first-order valence-corrected chi connectivity index (χ1v) is 6.46. The topological polar surface area (TPSA) is 87.4 Å². The maximum atomic E-state index is 12.2.